The lowest BCUT2D eigenvalue weighted by molar-refractivity contribution is 0.0103. The van der Waals surface area contributed by atoms with Gasteiger partial charge in [-0.3, -0.25) is 0 Å². The van der Waals surface area contributed by atoms with Gasteiger partial charge in [0.05, 0.1) is 19.8 Å². The Morgan fingerprint density at radius 2 is 2.00 bits per heavy atom. The topological polar surface area (TPSA) is 50.7 Å². The van der Waals surface area contributed by atoms with E-state index in [4.69, 9.17) is 9.47 Å². The van der Waals surface area contributed by atoms with Gasteiger partial charge in [0, 0.05) is 12.5 Å². The zero-order chi connectivity index (χ0) is 14.6. The molecule has 20 heavy (non-hydrogen) atoms. The highest BCUT2D eigenvalue weighted by molar-refractivity contribution is 5.43. The summed E-state index contributed by atoms with van der Waals surface area (Å²) in [7, 11) is 3.25. The van der Waals surface area contributed by atoms with Gasteiger partial charge < -0.3 is 19.9 Å². The number of nitrogens with one attached hydrogen (secondary N) is 1. The predicted octanol–water partition coefficient (Wildman–Crippen LogP) is 2.14. The second-order valence-corrected chi connectivity index (χ2v) is 5.73. The quantitative estimate of drug-likeness (QED) is 0.867. The zero-order valence-corrected chi connectivity index (χ0v) is 12.6. The molecule has 2 rings (SSSR count). The molecule has 4 heteroatoms. The van der Waals surface area contributed by atoms with Crippen molar-refractivity contribution in [3.8, 4) is 11.5 Å². The second-order valence-electron chi connectivity index (χ2n) is 5.73. The maximum Gasteiger partial charge on any atom is 0.160 e. The van der Waals surface area contributed by atoms with Crippen molar-refractivity contribution in [3.05, 3.63) is 23.8 Å². The first-order chi connectivity index (χ1) is 9.56. The van der Waals surface area contributed by atoms with Crippen molar-refractivity contribution in [3.63, 3.8) is 0 Å². The molecule has 1 heterocycles. The molecule has 112 valence electrons. The maximum absolute atomic E-state index is 10.7. The van der Waals surface area contributed by atoms with Gasteiger partial charge in [0.1, 0.15) is 0 Å². The molecule has 2 atom stereocenters. The average molecular weight is 279 g/mol. The molecule has 2 N–H and O–H groups in total. The van der Waals surface area contributed by atoms with Gasteiger partial charge in [-0.25, -0.2) is 0 Å². The van der Waals surface area contributed by atoms with Gasteiger partial charge in [-0.1, -0.05) is 12.5 Å². The molecular formula is C16H25NO3. The van der Waals surface area contributed by atoms with Crippen LogP contribution in [-0.4, -0.2) is 37.5 Å². The van der Waals surface area contributed by atoms with E-state index in [1.807, 2.05) is 25.1 Å². The summed E-state index contributed by atoms with van der Waals surface area (Å²) in [6.45, 7) is 2.90. The van der Waals surface area contributed by atoms with E-state index in [1.54, 1.807) is 14.2 Å². The minimum atomic E-state index is -0.750. The van der Waals surface area contributed by atoms with Gasteiger partial charge in [-0.2, -0.15) is 0 Å². The minimum absolute atomic E-state index is 0.157. The Morgan fingerprint density at radius 3 is 2.60 bits per heavy atom. The van der Waals surface area contributed by atoms with Gasteiger partial charge in [-0.15, -0.1) is 0 Å². The van der Waals surface area contributed by atoms with E-state index in [-0.39, 0.29) is 6.04 Å². The molecule has 4 nitrogen and oxygen atoms in total. The summed E-state index contributed by atoms with van der Waals surface area (Å²) >= 11 is 0. The van der Waals surface area contributed by atoms with Crippen molar-refractivity contribution in [2.45, 2.75) is 44.2 Å². The summed E-state index contributed by atoms with van der Waals surface area (Å²) in [6.07, 6.45) is 4.01. The summed E-state index contributed by atoms with van der Waals surface area (Å²) in [5.41, 5.74) is 0.306. The molecule has 0 radical (unpaired) electrons. The summed E-state index contributed by atoms with van der Waals surface area (Å²) in [5.74, 6) is 1.42. The van der Waals surface area contributed by atoms with Crippen LogP contribution in [0, 0.1) is 0 Å². The number of hydrogen-bond acceptors (Lipinski definition) is 4. The van der Waals surface area contributed by atoms with Crippen LogP contribution in [0.2, 0.25) is 0 Å². The Kier molecular flexibility index (Phi) is 4.89. The first-order valence-corrected chi connectivity index (χ1v) is 7.23. The highest BCUT2D eigenvalue weighted by Crippen LogP contribution is 2.30. The molecule has 1 aromatic rings. The smallest absolute Gasteiger partial charge is 0.160 e. The highest BCUT2D eigenvalue weighted by Gasteiger charge is 2.32. The van der Waals surface area contributed by atoms with Crippen molar-refractivity contribution in [1.29, 1.82) is 0 Å². The molecule has 0 amide bonds. The van der Waals surface area contributed by atoms with Crippen LogP contribution in [0.25, 0.3) is 0 Å². The third-order valence-electron chi connectivity index (χ3n) is 4.07. The molecule has 1 aromatic carbocycles. The summed E-state index contributed by atoms with van der Waals surface area (Å²) in [4.78, 5) is 0. The van der Waals surface area contributed by atoms with Crippen LogP contribution in [0.5, 0.6) is 11.5 Å². The monoisotopic (exact) mass is 279 g/mol. The zero-order valence-electron chi connectivity index (χ0n) is 12.6. The third kappa shape index (κ3) is 3.44. The number of methoxy groups -OCH3 is 2. The van der Waals surface area contributed by atoms with Gasteiger partial charge in [0.2, 0.25) is 0 Å². The lowest BCUT2D eigenvalue weighted by Crippen LogP contribution is -2.52. The first kappa shape index (κ1) is 15.1. The van der Waals surface area contributed by atoms with Crippen molar-refractivity contribution >= 4 is 0 Å². The van der Waals surface area contributed by atoms with E-state index in [0.29, 0.717) is 17.9 Å². The van der Waals surface area contributed by atoms with Crippen LogP contribution >= 0.6 is 0 Å². The SMILES string of the molecule is COc1ccc(CC(C)(O)C2CCCCN2)cc1OC. The van der Waals surface area contributed by atoms with Gasteiger partial charge in [-0.05, 0) is 44.0 Å². The van der Waals surface area contributed by atoms with E-state index in [9.17, 15) is 5.11 Å². The minimum Gasteiger partial charge on any atom is -0.493 e. The fraction of sp³-hybridized carbons (Fsp3) is 0.625. The van der Waals surface area contributed by atoms with Crippen molar-refractivity contribution in [2.24, 2.45) is 0 Å². The lowest BCUT2D eigenvalue weighted by Gasteiger charge is -2.36. The van der Waals surface area contributed by atoms with Crippen LogP contribution in [0.4, 0.5) is 0 Å². The van der Waals surface area contributed by atoms with Crippen molar-refractivity contribution in [2.75, 3.05) is 20.8 Å². The molecule has 1 aliphatic heterocycles. The molecule has 0 bridgehead atoms. The van der Waals surface area contributed by atoms with Crippen LogP contribution in [0.3, 0.4) is 0 Å². The van der Waals surface area contributed by atoms with E-state index in [1.165, 1.54) is 12.8 Å². The fourth-order valence-electron chi connectivity index (χ4n) is 2.91. The number of hydrogen-bond donors (Lipinski definition) is 2. The van der Waals surface area contributed by atoms with Crippen molar-refractivity contribution in [1.82, 2.24) is 5.32 Å². The second kappa shape index (κ2) is 6.46. The van der Waals surface area contributed by atoms with E-state index in [2.05, 4.69) is 5.32 Å². The van der Waals surface area contributed by atoms with E-state index >= 15 is 0 Å². The first-order valence-electron chi connectivity index (χ1n) is 7.23. The Hall–Kier alpha value is -1.26. The number of rotatable bonds is 5. The molecule has 0 aromatic heterocycles. The standard InChI is InChI=1S/C16H25NO3/c1-16(18,15-6-4-5-9-17-15)11-12-7-8-13(19-2)14(10-12)20-3/h7-8,10,15,17-18H,4-6,9,11H2,1-3H3. The molecule has 1 fully saturated rings. The molecule has 0 saturated carbocycles. The van der Waals surface area contributed by atoms with Gasteiger partial charge >= 0.3 is 0 Å². The Labute approximate surface area is 121 Å². The van der Waals surface area contributed by atoms with E-state index < -0.39 is 5.60 Å². The average Bonchev–Trinajstić information content (AvgIpc) is 2.47. The van der Waals surface area contributed by atoms with Crippen LogP contribution in [0.1, 0.15) is 31.7 Å². The van der Waals surface area contributed by atoms with Gasteiger partial charge in [0.25, 0.3) is 0 Å². The summed E-state index contributed by atoms with van der Waals surface area (Å²) in [5, 5.41) is 14.2. The Morgan fingerprint density at radius 1 is 1.25 bits per heavy atom. The predicted molar refractivity (Wildman–Crippen MR) is 79.5 cm³/mol. The molecule has 2 unspecified atom stereocenters. The molecule has 1 saturated heterocycles. The molecule has 0 aliphatic carbocycles. The number of piperidine rings is 1. The number of aliphatic hydroxyl groups is 1. The Balaban J connectivity index is 2.11. The molecule has 0 spiro atoms. The Bertz CT molecular complexity index is 439. The maximum atomic E-state index is 10.7. The summed E-state index contributed by atoms with van der Waals surface area (Å²) in [6, 6.07) is 5.97. The van der Waals surface area contributed by atoms with E-state index in [0.717, 1.165) is 18.5 Å². The van der Waals surface area contributed by atoms with Crippen LogP contribution in [-0.2, 0) is 6.42 Å². The summed E-state index contributed by atoms with van der Waals surface area (Å²) < 4.78 is 10.6. The molecule has 1 aliphatic rings. The van der Waals surface area contributed by atoms with Crippen LogP contribution < -0.4 is 14.8 Å². The lowest BCUT2D eigenvalue weighted by atomic mass is 9.84. The number of benzene rings is 1. The fourth-order valence-corrected chi connectivity index (χ4v) is 2.91. The largest absolute Gasteiger partial charge is 0.493 e. The molecular weight excluding hydrogens is 254 g/mol. The van der Waals surface area contributed by atoms with Crippen LogP contribution in [0.15, 0.2) is 18.2 Å². The van der Waals surface area contributed by atoms with Gasteiger partial charge in [0.15, 0.2) is 11.5 Å². The normalized spacial score (nSPS) is 22.1. The highest BCUT2D eigenvalue weighted by atomic mass is 16.5. The van der Waals surface area contributed by atoms with Crippen molar-refractivity contribution < 1.29 is 14.6 Å². The number of ether oxygens (including phenoxy) is 2. The third-order valence-corrected chi connectivity index (χ3v) is 4.07.